The highest BCUT2D eigenvalue weighted by Gasteiger charge is 2.16. The molecule has 1 aliphatic rings. The van der Waals surface area contributed by atoms with E-state index in [4.69, 9.17) is 5.11 Å². The number of carboxylic acid groups (broad SMARTS) is 1. The molecule has 5 heteroatoms. The second kappa shape index (κ2) is 5.73. The standard InChI is InChI=1S/C15H16N2O2S/c18-15(19)13-4-1-3-12(16-13)10-17-7-2-5-14-11(9-17)6-8-20-14/h1,3-4,6,8H,2,5,7,9-10H2,(H,18,19). The van der Waals surface area contributed by atoms with Gasteiger partial charge in [0.2, 0.25) is 0 Å². The van der Waals surface area contributed by atoms with Gasteiger partial charge in [0.1, 0.15) is 5.69 Å². The van der Waals surface area contributed by atoms with Crippen molar-refractivity contribution in [3.05, 3.63) is 51.5 Å². The Morgan fingerprint density at radius 2 is 2.30 bits per heavy atom. The molecule has 0 amide bonds. The Hall–Kier alpha value is -1.72. The number of aryl methyl sites for hydroxylation is 1. The Balaban J connectivity index is 1.74. The lowest BCUT2D eigenvalue weighted by atomic mass is 10.2. The number of pyridine rings is 1. The zero-order valence-electron chi connectivity index (χ0n) is 11.1. The molecule has 0 bridgehead atoms. The molecular formula is C15H16N2O2S. The van der Waals surface area contributed by atoms with Gasteiger partial charge >= 0.3 is 5.97 Å². The van der Waals surface area contributed by atoms with Gasteiger partial charge in [0.15, 0.2) is 0 Å². The van der Waals surface area contributed by atoms with Gasteiger partial charge < -0.3 is 5.11 Å². The van der Waals surface area contributed by atoms with Crippen molar-refractivity contribution in [2.75, 3.05) is 6.54 Å². The summed E-state index contributed by atoms with van der Waals surface area (Å²) in [5.74, 6) is -0.970. The van der Waals surface area contributed by atoms with Crippen molar-refractivity contribution < 1.29 is 9.90 Å². The van der Waals surface area contributed by atoms with Gasteiger partial charge in [0.05, 0.1) is 5.69 Å². The molecule has 0 saturated heterocycles. The lowest BCUT2D eigenvalue weighted by molar-refractivity contribution is 0.0690. The first-order chi connectivity index (χ1) is 9.72. The molecule has 0 aromatic carbocycles. The summed E-state index contributed by atoms with van der Waals surface area (Å²) in [4.78, 5) is 19.0. The lowest BCUT2D eigenvalue weighted by Gasteiger charge is -2.19. The number of hydrogen-bond donors (Lipinski definition) is 1. The lowest BCUT2D eigenvalue weighted by Crippen LogP contribution is -2.23. The summed E-state index contributed by atoms with van der Waals surface area (Å²) >= 11 is 1.83. The van der Waals surface area contributed by atoms with Crippen molar-refractivity contribution in [2.45, 2.75) is 25.9 Å². The monoisotopic (exact) mass is 288 g/mol. The minimum absolute atomic E-state index is 0.119. The number of carboxylic acids is 1. The zero-order valence-corrected chi connectivity index (χ0v) is 11.9. The molecule has 2 aromatic rings. The van der Waals surface area contributed by atoms with Crippen LogP contribution >= 0.6 is 11.3 Å². The summed E-state index contributed by atoms with van der Waals surface area (Å²) in [5, 5.41) is 11.1. The predicted molar refractivity (Wildman–Crippen MR) is 78.0 cm³/mol. The van der Waals surface area contributed by atoms with Crippen LogP contribution in [0.1, 0.15) is 33.0 Å². The van der Waals surface area contributed by atoms with Gasteiger partial charge in [0, 0.05) is 18.0 Å². The quantitative estimate of drug-likeness (QED) is 0.943. The van der Waals surface area contributed by atoms with Crippen LogP contribution in [0, 0.1) is 0 Å². The summed E-state index contributed by atoms with van der Waals surface area (Å²) in [5.41, 5.74) is 2.35. The van der Waals surface area contributed by atoms with Crippen LogP contribution in [0.3, 0.4) is 0 Å². The smallest absolute Gasteiger partial charge is 0.354 e. The normalized spacial score (nSPS) is 15.6. The fourth-order valence-electron chi connectivity index (χ4n) is 2.56. The van der Waals surface area contributed by atoms with Gasteiger partial charge in [-0.2, -0.15) is 0 Å². The summed E-state index contributed by atoms with van der Waals surface area (Å²) < 4.78 is 0. The van der Waals surface area contributed by atoms with E-state index in [0.29, 0.717) is 6.54 Å². The molecule has 4 nitrogen and oxygen atoms in total. The molecule has 1 N–H and O–H groups in total. The predicted octanol–water partition coefficient (Wildman–Crippen LogP) is 2.79. The van der Waals surface area contributed by atoms with Crippen LogP contribution in [0.25, 0.3) is 0 Å². The van der Waals surface area contributed by atoms with E-state index in [1.54, 1.807) is 6.07 Å². The fourth-order valence-corrected chi connectivity index (χ4v) is 3.50. The third-order valence-electron chi connectivity index (χ3n) is 3.52. The van der Waals surface area contributed by atoms with Crippen molar-refractivity contribution >= 4 is 17.3 Å². The Kier molecular flexibility index (Phi) is 3.80. The highest BCUT2D eigenvalue weighted by atomic mass is 32.1. The van der Waals surface area contributed by atoms with Crippen LogP contribution in [0.2, 0.25) is 0 Å². The number of carbonyl (C=O) groups is 1. The SMILES string of the molecule is O=C(O)c1cccc(CN2CCCc3sccc3C2)n1. The van der Waals surface area contributed by atoms with Gasteiger partial charge in [-0.25, -0.2) is 9.78 Å². The van der Waals surface area contributed by atoms with Gasteiger partial charge in [-0.15, -0.1) is 11.3 Å². The minimum atomic E-state index is -0.970. The third kappa shape index (κ3) is 2.89. The highest BCUT2D eigenvalue weighted by molar-refractivity contribution is 7.10. The summed E-state index contributed by atoms with van der Waals surface area (Å²) in [6.45, 7) is 2.66. The molecule has 3 heterocycles. The third-order valence-corrected chi connectivity index (χ3v) is 4.54. The number of rotatable bonds is 3. The van der Waals surface area contributed by atoms with Crippen LogP contribution in [0.4, 0.5) is 0 Å². The van der Waals surface area contributed by atoms with E-state index in [2.05, 4.69) is 21.3 Å². The van der Waals surface area contributed by atoms with E-state index in [1.165, 1.54) is 16.5 Å². The number of aromatic carboxylic acids is 1. The molecule has 0 spiro atoms. The molecule has 0 saturated carbocycles. The number of aromatic nitrogens is 1. The first kappa shape index (κ1) is 13.3. The molecule has 1 aliphatic heterocycles. The molecule has 3 rings (SSSR count). The van der Waals surface area contributed by atoms with Crippen LogP contribution in [-0.4, -0.2) is 27.5 Å². The Labute approximate surface area is 121 Å². The van der Waals surface area contributed by atoms with Gasteiger partial charge in [-0.1, -0.05) is 6.07 Å². The van der Waals surface area contributed by atoms with E-state index in [-0.39, 0.29) is 5.69 Å². The van der Waals surface area contributed by atoms with Gasteiger partial charge in [0.25, 0.3) is 0 Å². The highest BCUT2D eigenvalue weighted by Crippen LogP contribution is 2.24. The summed E-state index contributed by atoms with van der Waals surface area (Å²) in [7, 11) is 0. The second-order valence-electron chi connectivity index (χ2n) is 5.00. The average Bonchev–Trinajstić information content (AvgIpc) is 2.78. The number of fused-ring (bicyclic) bond motifs is 1. The molecule has 0 aliphatic carbocycles. The maximum atomic E-state index is 11.0. The zero-order chi connectivity index (χ0) is 13.9. The molecule has 0 unspecified atom stereocenters. The van der Waals surface area contributed by atoms with E-state index < -0.39 is 5.97 Å². The van der Waals surface area contributed by atoms with E-state index >= 15 is 0 Å². The number of thiophene rings is 1. The van der Waals surface area contributed by atoms with Crippen LogP contribution in [0.15, 0.2) is 29.6 Å². The van der Waals surface area contributed by atoms with Gasteiger partial charge in [-0.3, -0.25) is 4.90 Å². The number of hydrogen-bond acceptors (Lipinski definition) is 4. The van der Waals surface area contributed by atoms with Gasteiger partial charge in [-0.05, 0) is 48.5 Å². The fraction of sp³-hybridized carbons (Fsp3) is 0.333. The van der Waals surface area contributed by atoms with Crippen molar-refractivity contribution in [3.63, 3.8) is 0 Å². The van der Waals surface area contributed by atoms with E-state index in [1.807, 2.05) is 17.4 Å². The topological polar surface area (TPSA) is 53.4 Å². The molecule has 2 aromatic heterocycles. The van der Waals surface area contributed by atoms with Crippen molar-refractivity contribution in [1.82, 2.24) is 9.88 Å². The van der Waals surface area contributed by atoms with Crippen molar-refractivity contribution in [2.24, 2.45) is 0 Å². The molecular weight excluding hydrogens is 272 g/mol. The van der Waals surface area contributed by atoms with E-state index in [0.717, 1.165) is 31.6 Å². The molecule has 104 valence electrons. The molecule has 0 atom stereocenters. The Morgan fingerprint density at radius 1 is 1.40 bits per heavy atom. The Bertz CT molecular complexity index is 624. The summed E-state index contributed by atoms with van der Waals surface area (Å²) in [6, 6.07) is 7.39. The van der Waals surface area contributed by atoms with Crippen molar-refractivity contribution in [3.8, 4) is 0 Å². The van der Waals surface area contributed by atoms with E-state index in [9.17, 15) is 4.79 Å². The maximum absolute atomic E-state index is 11.0. The van der Waals surface area contributed by atoms with Crippen LogP contribution in [0.5, 0.6) is 0 Å². The second-order valence-corrected chi connectivity index (χ2v) is 6.00. The molecule has 0 radical (unpaired) electrons. The first-order valence-corrected chi connectivity index (χ1v) is 7.57. The average molecular weight is 288 g/mol. The minimum Gasteiger partial charge on any atom is -0.477 e. The Morgan fingerprint density at radius 3 is 3.15 bits per heavy atom. The molecule has 20 heavy (non-hydrogen) atoms. The van der Waals surface area contributed by atoms with Crippen molar-refractivity contribution in [1.29, 1.82) is 0 Å². The van der Waals surface area contributed by atoms with Crippen LogP contribution < -0.4 is 0 Å². The largest absolute Gasteiger partial charge is 0.477 e. The van der Waals surface area contributed by atoms with Crippen LogP contribution in [-0.2, 0) is 19.5 Å². The summed E-state index contributed by atoms with van der Waals surface area (Å²) in [6.07, 6.45) is 2.29. The number of nitrogens with zero attached hydrogens (tertiary/aromatic N) is 2. The maximum Gasteiger partial charge on any atom is 0.354 e. The first-order valence-electron chi connectivity index (χ1n) is 6.69. The molecule has 0 fully saturated rings.